The first-order chi connectivity index (χ1) is 9.27. The van der Waals surface area contributed by atoms with Crippen LogP contribution in [0.4, 0.5) is 0 Å². The van der Waals surface area contributed by atoms with Crippen molar-refractivity contribution in [1.29, 1.82) is 0 Å². The summed E-state index contributed by atoms with van der Waals surface area (Å²) in [6.07, 6.45) is 10.3. The fraction of sp³-hybridized carbons (Fsp3) is 0.375. The highest BCUT2D eigenvalue weighted by atomic mass is 16.5. The third-order valence-electron chi connectivity index (χ3n) is 2.56. The Morgan fingerprint density at radius 2 is 1.95 bits per heavy atom. The molecule has 0 aromatic heterocycles. The van der Waals surface area contributed by atoms with Crippen molar-refractivity contribution in [2.45, 2.75) is 19.8 Å². The lowest BCUT2D eigenvalue weighted by molar-refractivity contribution is 0.194. The molecule has 0 saturated carbocycles. The van der Waals surface area contributed by atoms with Gasteiger partial charge in [0, 0.05) is 0 Å². The minimum Gasteiger partial charge on any atom is -0.504 e. The Labute approximate surface area is 115 Å². The number of phenols is 1. The van der Waals surface area contributed by atoms with Gasteiger partial charge in [0.05, 0.1) is 20.3 Å². The second kappa shape index (κ2) is 9.22. The van der Waals surface area contributed by atoms with E-state index in [4.69, 9.17) is 9.47 Å². The van der Waals surface area contributed by atoms with Crippen LogP contribution in [0, 0.1) is 0 Å². The van der Waals surface area contributed by atoms with Crippen LogP contribution in [0.25, 0.3) is 6.08 Å². The van der Waals surface area contributed by atoms with E-state index in [0.717, 1.165) is 12.0 Å². The average Bonchev–Trinajstić information content (AvgIpc) is 2.43. The summed E-state index contributed by atoms with van der Waals surface area (Å²) >= 11 is 0. The van der Waals surface area contributed by atoms with E-state index in [1.165, 1.54) is 13.5 Å². The maximum Gasteiger partial charge on any atom is 0.161 e. The van der Waals surface area contributed by atoms with Crippen LogP contribution in [0.15, 0.2) is 36.4 Å². The second-order valence-corrected chi connectivity index (χ2v) is 4.13. The Morgan fingerprint density at radius 3 is 2.68 bits per heavy atom. The summed E-state index contributed by atoms with van der Waals surface area (Å²) < 4.78 is 10.5. The molecule has 0 aliphatic carbocycles. The number of hydrogen-bond acceptors (Lipinski definition) is 3. The van der Waals surface area contributed by atoms with Crippen molar-refractivity contribution in [3.05, 3.63) is 42.0 Å². The van der Waals surface area contributed by atoms with Gasteiger partial charge in [0.25, 0.3) is 0 Å². The van der Waals surface area contributed by atoms with Crippen LogP contribution in [0.5, 0.6) is 11.5 Å². The van der Waals surface area contributed by atoms with Crippen molar-refractivity contribution in [1.82, 2.24) is 0 Å². The van der Waals surface area contributed by atoms with Crippen molar-refractivity contribution in [3.63, 3.8) is 0 Å². The molecule has 1 N–H and O–H groups in total. The zero-order chi connectivity index (χ0) is 13.9. The highest BCUT2D eigenvalue weighted by molar-refractivity contribution is 5.55. The Kier molecular flexibility index (Phi) is 7.44. The van der Waals surface area contributed by atoms with Gasteiger partial charge >= 0.3 is 0 Å². The standard InChI is InChI=1S/C16H22O3/c1-3-4-5-6-11-19-12-7-8-14-9-10-15(17)16(13-14)18-2/h5-10,13,17H,3-4,11-12H2,1-2H3/b6-5+,8-7+. The summed E-state index contributed by atoms with van der Waals surface area (Å²) in [5.74, 6) is 0.627. The van der Waals surface area contributed by atoms with Crippen molar-refractivity contribution in [3.8, 4) is 11.5 Å². The van der Waals surface area contributed by atoms with E-state index in [-0.39, 0.29) is 5.75 Å². The van der Waals surface area contributed by atoms with Gasteiger partial charge in [0.2, 0.25) is 0 Å². The molecule has 0 fully saturated rings. The number of methoxy groups -OCH3 is 1. The van der Waals surface area contributed by atoms with Gasteiger partial charge in [-0.2, -0.15) is 0 Å². The molecule has 104 valence electrons. The largest absolute Gasteiger partial charge is 0.504 e. The molecule has 3 nitrogen and oxygen atoms in total. The van der Waals surface area contributed by atoms with Crippen molar-refractivity contribution >= 4 is 6.08 Å². The van der Waals surface area contributed by atoms with Crippen LogP contribution in [-0.2, 0) is 4.74 Å². The molecule has 0 aliphatic rings. The number of phenolic OH excluding ortho intramolecular Hbond substituents is 1. The maximum atomic E-state index is 9.47. The number of allylic oxidation sites excluding steroid dienone is 1. The molecular weight excluding hydrogens is 240 g/mol. The number of benzene rings is 1. The quantitative estimate of drug-likeness (QED) is 0.572. The summed E-state index contributed by atoms with van der Waals surface area (Å²) in [7, 11) is 1.54. The predicted octanol–water partition coefficient (Wildman–Crippen LogP) is 3.79. The lowest BCUT2D eigenvalue weighted by atomic mass is 10.2. The summed E-state index contributed by atoms with van der Waals surface area (Å²) in [6, 6.07) is 5.23. The molecular formula is C16H22O3. The Bertz CT molecular complexity index is 422. The van der Waals surface area contributed by atoms with Gasteiger partial charge in [-0.15, -0.1) is 0 Å². The highest BCUT2D eigenvalue weighted by Gasteiger charge is 1.99. The van der Waals surface area contributed by atoms with E-state index in [1.54, 1.807) is 12.1 Å². The Balaban J connectivity index is 2.32. The van der Waals surface area contributed by atoms with E-state index >= 15 is 0 Å². The molecule has 3 heteroatoms. The molecule has 0 radical (unpaired) electrons. The molecule has 1 aromatic rings. The third kappa shape index (κ3) is 6.11. The van der Waals surface area contributed by atoms with Crippen molar-refractivity contribution in [2.24, 2.45) is 0 Å². The third-order valence-corrected chi connectivity index (χ3v) is 2.56. The lowest BCUT2D eigenvalue weighted by Crippen LogP contribution is -1.90. The summed E-state index contributed by atoms with van der Waals surface area (Å²) in [4.78, 5) is 0. The van der Waals surface area contributed by atoms with Crippen LogP contribution < -0.4 is 4.74 Å². The number of hydrogen-bond donors (Lipinski definition) is 1. The Morgan fingerprint density at radius 1 is 1.16 bits per heavy atom. The molecule has 0 aliphatic heterocycles. The molecule has 1 rings (SSSR count). The molecule has 1 aromatic carbocycles. The predicted molar refractivity (Wildman–Crippen MR) is 78.6 cm³/mol. The van der Waals surface area contributed by atoms with E-state index in [9.17, 15) is 5.11 Å². The molecule has 0 amide bonds. The molecule has 0 unspecified atom stereocenters. The molecule has 0 bridgehead atoms. The van der Waals surface area contributed by atoms with Gasteiger partial charge in [0.1, 0.15) is 0 Å². The van der Waals surface area contributed by atoms with E-state index in [2.05, 4.69) is 13.0 Å². The fourth-order valence-corrected chi connectivity index (χ4v) is 1.54. The van der Waals surface area contributed by atoms with Crippen LogP contribution in [0.2, 0.25) is 0 Å². The highest BCUT2D eigenvalue weighted by Crippen LogP contribution is 2.26. The normalized spacial score (nSPS) is 11.5. The van der Waals surface area contributed by atoms with Crippen LogP contribution in [0.1, 0.15) is 25.3 Å². The SMILES string of the molecule is CCC/C=C/COC/C=C/c1ccc(O)c(OC)c1. The zero-order valence-corrected chi connectivity index (χ0v) is 11.6. The minimum atomic E-state index is 0.150. The van der Waals surface area contributed by atoms with Crippen LogP contribution in [-0.4, -0.2) is 25.4 Å². The number of ether oxygens (including phenoxy) is 2. The smallest absolute Gasteiger partial charge is 0.161 e. The van der Waals surface area contributed by atoms with Crippen LogP contribution in [0.3, 0.4) is 0 Å². The van der Waals surface area contributed by atoms with E-state index in [0.29, 0.717) is 19.0 Å². The fourth-order valence-electron chi connectivity index (χ4n) is 1.54. The van der Waals surface area contributed by atoms with E-state index < -0.39 is 0 Å². The lowest BCUT2D eigenvalue weighted by Gasteiger charge is -2.03. The second-order valence-electron chi connectivity index (χ2n) is 4.13. The Hall–Kier alpha value is -1.74. The molecule has 0 atom stereocenters. The zero-order valence-electron chi connectivity index (χ0n) is 11.6. The van der Waals surface area contributed by atoms with Crippen molar-refractivity contribution in [2.75, 3.05) is 20.3 Å². The van der Waals surface area contributed by atoms with Crippen LogP contribution >= 0.6 is 0 Å². The van der Waals surface area contributed by atoms with Gasteiger partial charge in [0.15, 0.2) is 11.5 Å². The van der Waals surface area contributed by atoms with Gasteiger partial charge < -0.3 is 14.6 Å². The summed E-state index contributed by atoms with van der Waals surface area (Å²) in [6.45, 7) is 3.36. The first-order valence-corrected chi connectivity index (χ1v) is 6.54. The average molecular weight is 262 g/mol. The monoisotopic (exact) mass is 262 g/mol. The van der Waals surface area contributed by atoms with Gasteiger partial charge in [-0.05, 0) is 24.1 Å². The first kappa shape index (κ1) is 15.3. The number of aromatic hydroxyl groups is 1. The van der Waals surface area contributed by atoms with Crippen molar-refractivity contribution < 1.29 is 14.6 Å². The first-order valence-electron chi connectivity index (χ1n) is 6.54. The maximum absolute atomic E-state index is 9.47. The summed E-state index contributed by atoms with van der Waals surface area (Å²) in [5.41, 5.74) is 0.972. The summed E-state index contributed by atoms with van der Waals surface area (Å²) in [5, 5.41) is 9.47. The molecule has 0 spiro atoms. The van der Waals surface area contributed by atoms with E-state index in [1.807, 2.05) is 24.3 Å². The van der Waals surface area contributed by atoms with Gasteiger partial charge in [-0.3, -0.25) is 0 Å². The van der Waals surface area contributed by atoms with Gasteiger partial charge in [-0.1, -0.05) is 43.7 Å². The number of unbranched alkanes of at least 4 members (excludes halogenated alkanes) is 1. The molecule has 0 heterocycles. The minimum absolute atomic E-state index is 0.150. The molecule has 0 saturated heterocycles. The van der Waals surface area contributed by atoms with Gasteiger partial charge in [-0.25, -0.2) is 0 Å². The molecule has 19 heavy (non-hydrogen) atoms. The topological polar surface area (TPSA) is 38.7 Å². The number of rotatable bonds is 8.